The average molecular weight is 372 g/mol. The molecule has 0 spiro atoms. The number of aromatic nitrogens is 3. The lowest BCUT2D eigenvalue weighted by Crippen LogP contribution is -2.33. The molecule has 9 heteroatoms. The smallest absolute Gasteiger partial charge is 0.355 e. The summed E-state index contributed by atoms with van der Waals surface area (Å²) in [5.74, 6) is -1.21. The van der Waals surface area contributed by atoms with E-state index in [9.17, 15) is 18.0 Å². The quantitative estimate of drug-likeness (QED) is 0.791. The summed E-state index contributed by atoms with van der Waals surface area (Å²) in [6, 6.07) is 9.74. The molecule has 2 rings (SSSR count). The number of halogens is 3. The molecule has 0 radical (unpaired) electrons. The van der Waals surface area contributed by atoms with Crippen LogP contribution in [0, 0.1) is 0 Å². The van der Waals surface area contributed by atoms with Gasteiger partial charge in [0.1, 0.15) is 0 Å². The molecule has 0 aliphatic heterocycles. The highest BCUT2D eigenvalue weighted by atomic mass is 32.2. The van der Waals surface area contributed by atoms with Gasteiger partial charge in [-0.15, -0.1) is 10.2 Å². The van der Waals surface area contributed by atoms with Crippen LogP contribution in [-0.2, 0) is 18.0 Å². The number of hydrogen-bond acceptors (Lipinski definition) is 4. The number of nitrogens with zero attached hydrogens (tertiary/aromatic N) is 3. The highest BCUT2D eigenvalue weighted by Crippen LogP contribution is 2.30. The predicted molar refractivity (Wildman–Crippen MR) is 89.2 cm³/mol. The number of rotatable bonds is 6. The Morgan fingerprint density at radius 2 is 1.88 bits per heavy atom. The first-order chi connectivity index (χ1) is 11.7. The van der Waals surface area contributed by atoms with E-state index in [0.717, 1.165) is 21.9 Å². The maximum atomic E-state index is 12.7. The van der Waals surface area contributed by atoms with Gasteiger partial charge in [0, 0.05) is 13.6 Å². The minimum Gasteiger partial charge on any atom is -0.355 e. The van der Waals surface area contributed by atoms with Crippen molar-refractivity contribution in [2.75, 3.05) is 6.54 Å². The van der Waals surface area contributed by atoms with Crippen LogP contribution in [0.25, 0.3) is 0 Å². The van der Waals surface area contributed by atoms with Crippen molar-refractivity contribution in [3.8, 4) is 0 Å². The third-order valence-corrected chi connectivity index (χ3v) is 4.82. The summed E-state index contributed by atoms with van der Waals surface area (Å²) in [5, 5.41) is 8.95. The van der Waals surface area contributed by atoms with Gasteiger partial charge in [-0.1, -0.05) is 49.0 Å². The summed E-state index contributed by atoms with van der Waals surface area (Å²) in [4.78, 5) is 12.2. The van der Waals surface area contributed by atoms with Crippen LogP contribution in [0.5, 0.6) is 0 Å². The van der Waals surface area contributed by atoms with Crippen molar-refractivity contribution >= 4 is 17.7 Å². The second-order valence-electron chi connectivity index (χ2n) is 5.68. The van der Waals surface area contributed by atoms with Crippen LogP contribution in [0.4, 0.5) is 13.2 Å². The van der Waals surface area contributed by atoms with Crippen molar-refractivity contribution in [2.24, 2.45) is 7.05 Å². The summed E-state index contributed by atoms with van der Waals surface area (Å²) in [6.07, 6.45) is -4.57. The average Bonchev–Trinajstić information content (AvgIpc) is 2.94. The maximum absolute atomic E-state index is 12.7. The molecule has 1 amide bonds. The Balaban J connectivity index is 1.92. The molecule has 0 fully saturated rings. The van der Waals surface area contributed by atoms with Gasteiger partial charge in [-0.25, -0.2) is 0 Å². The lowest BCUT2D eigenvalue weighted by atomic mass is 10.0. The highest BCUT2D eigenvalue weighted by Gasteiger charge is 2.37. The maximum Gasteiger partial charge on any atom is 0.451 e. The molecule has 5 nitrogen and oxygen atoms in total. The summed E-state index contributed by atoms with van der Waals surface area (Å²) in [7, 11) is 1.23. The zero-order valence-electron chi connectivity index (χ0n) is 14.0. The minimum absolute atomic E-state index is 0.0473. The molecule has 0 aliphatic rings. The highest BCUT2D eigenvalue weighted by molar-refractivity contribution is 8.00. The molecule has 136 valence electrons. The molecule has 0 bridgehead atoms. The Labute approximate surface area is 148 Å². The number of alkyl halides is 3. The van der Waals surface area contributed by atoms with Crippen molar-refractivity contribution in [1.29, 1.82) is 0 Å². The van der Waals surface area contributed by atoms with Gasteiger partial charge >= 0.3 is 6.18 Å². The van der Waals surface area contributed by atoms with Crippen LogP contribution in [0.15, 0.2) is 35.5 Å². The van der Waals surface area contributed by atoms with Gasteiger partial charge in [0.05, 0.1) is 5.25 Å². The van der Waals surface area contributed by atoms with Crippen molar-refractivity contribution in [1.82, 2.24) is 20.1 Å². The van der Waals surface area contributed by atoms with Gasteiger partial charge < -0.3 is 9.88 Å². The molecule has 0 saturated carbocycles. The molecule has 1 aromatic heterocycles. The third-order valence-electron chi connectivity index (χ3n) is 3.69. The first-order valence-corrected chi connectivity index (χ1v) is 8.54. The van der Waals surface area contributed by atoms with Crippen LogP contribution < -0.4 is 5.32 Å². The number of thioether (sulfide) groups is 1. The Bertz CT molecular complexity index is 718. The predicted octanol–water partition coefficient (Wildman–Crippen LogP) is 3.23. The first-order valence-electron chi connectivity index (χ1n) is 7.66. The van der Waals surface area contributed by atoms with Crippen LogP contribution in [0.2, 0.25) is 0 Å². The molecule has 2 aromatic rings. The van der Waals surface area contributed by atoms with Gasteiger partial charge in [0.2, 0.25) is 11.7 Å². The number of carbonyl (C=O) groups is 1. The summed E-state index contributed by atoms with van der Waals surface area (Å²) < 4.78 is 39.0. The normalized spacial score (nSPS) is 14.2. The lowest BCUT2D eigenvalue weighted by Gasteiger charge is -2.16. The third kappa shape index (κ3) is 4.97. The lowest BCUT2D eigenvalue weighted by molar-refractivity contribution is -0.147. The summed E-state index contributed by atoms with van der Waals surface area (Å²) >= 11 is 0.940. The molecular formula is C16H19F3N4OS. The van der Waals surface area contributed by atoms with Crippen molar-refractivity contribution in [2.45, 2.75) is 36.3 Å². The van der Waals surface area contributed by atoms with E-state index in [1.54, 1.807) is 6.92 Å². The van der Waals surface area contributed by atoms with Crippen LogP contribution in [-0.4, -0.2) is 32.5 Å². The molecule has 0 saturated heterocycles. The van der Waals surface area contributed by atoms with E-state index in [1.165, 1.54) is 7.05 Å². The summed E-state index contributed by atoms with van der Waals surface area (Å²) in [5.41, 5.74) is 1.10. The Hall–Kier alpha value is -2.03. The number of nitrogens with one attached hydrogen (secondary N) is 1. The van der Waals surface area contributed by atoms with Gasteiger partial charge in [0.15, 0.2) is 5.16 Å². The van der Waals surface area contributed by atoms with E-state index in [-0.39, 0.29) is 17.0 Å². The zero-order chi connectivity index (χ0) is 18.6. The second-order valence-corrected chi connectivity index (χ2v) is 6.99. The monoisotopic (exact) mass is 372 g/mol. The van der Waals surface area contributed by atoms with Crippen LogP contribution in [0.1, 0.15) is 31.2 Å². The van der Waals surface area contributed by atoms with Crippen LogP contribution >= 0.6 is 11.8 Å². The molecule has 1 aromatic carbocycles. The fourth-order valence-electron chi connectivity index (χ4n) is 2.17. The second kappa shape index (κ2) is 7.90. The summed E-state index contributed by atoms with van der Waals surface area (Å²) in [6.45, 7) is 4.06. The number of hydrogen-bond donors (Lipinski definition) is 1. The number of carbonyl (C=O) groups excluding carboxylic acids is 1. The molecule has 2 atom stereocenters. The van der Waals surface area contributed by atoms with E-state index in [4.69, 9.17) is 0 Å². The van der Waals surface area contributed by atoms with E-state index >= 15 is 0 Å². The number of amides is 1. The largest absolute Gasteiger partial charge is 0.451 e. The van der Waals surface area contributed by atoms with E-state index in [1.807, 2.05) is 37.3 Å². The van der Waals surface area contributed by atoms with Crippen LogP contribution in [0.3, 0.4) is 0 Å². The molecule has 0 aliphatic carbocycles. The molecule has 25 heavy (non-hydrogen) atoms. The van der Waals surface area contributed by atoms with Gasteiger partial charge in [-0.05, 0) is 18.4 Å². The Kier molecular flexibility index (Phi) is 6.10. The molecular weight excluding hydrogens is 353 g/mol. The fourth-order valence-corrected chi connectivity index (χ4v) is 3.01. The Morgan fingerprint density at radius 1 is 1.24 bits per heavy atom. The van der Waals surface area contributed by atoms with Gasteiger partial charge in [-0.3, -0.25) is 4.79 Å². The topological polar surface area (TPSA) is 59.8 Å². The molecule has 0 unspecified atom stereocenters. The standard InChI is InChI=1S/C16H19F3N4OS/c1-10(12-7-5-4-6-8-12)9-20-13(24)11(2)25-15-22-21-14(23(15)3)16(17,18)19/h4-8,10-11H,9H2,1-3H3,(H,20,24)/t10-,11-/m1/s1. The van der Waals surface area contributed by atoms with Crippen molar-refractivity contribution < 1.29 is 18.0 Å². The van der Waals surface area contributed by atoms with Gasteiger partial charge in [-0.2, -0.15) is 13.2 Å². The molecule has 1 N–H and O–H groups in total. The van der Waals surface area contributed by atoms with Crippen molar-refractivity contribution in [3.05, 3.63) is 41.7 Å². The van der Waals surface area contributed by atoms with E-state index in [2.05, 4.69) is 15.5 Å². The Morgan fingerprint density at radius 3 is 2.44 bits per heavy atom. The minimum atomic E-state index is -4.57. The SMILES string of the molecule is C[C@H](CNC(=O)[C@@H](C)Sc1nnc(C(F)(F)F)n1C)c1ccccc1. The van der Waals surface area contributed by atoms with E-state index < -0.39 is 17.3 Å². The fraction of sp³-hybridized carbons (Fsp3) is 0.438. The van der Waals surface area contributed by atoms with Crippen molar-refractivity contribution in [3.63, 3.8) is 0 Å². The number of benzene rings is 1. The van der Waals surface area contributed by atoms with Gasteiger partial charge in [0.25, 0.3) is 0 Å². The van der Waals surface area contributed by atoms with E-state index in [0.29, 0.717) is 6.54 Å². The first kappa shape index (κ1) is 19.3. The molecule has 1 heterocycles. The zero-order valence-corrected chi connectivity index (χ0v) is 14.9.